The summed E-state index contributed by atoms with van der Waals surface area (Å²) in [5.41, 5.74) is 1.17. The van der Waals surface area contributed by atoms with Crippen LogP contribution in [0.15, 0.2) is 83.9 Å². The second kappa shape index (κ2) is 9.65. The number of nitrogens with zero attached hydrogens (tertiary/aromatic N) is 1. The molecule has 31 heavy (non-hydrogen) atoms. The highest BCUT2D eigenvalue weighted by atomic mass is 19.1. The summed E-state index contributed by atoms with van der Waals surface area (Å²) < 4.78 is 34.2. The molecule has 1 unspecified atom stereocenters. The molecule has 160 valence electrons. The summed E-state index contributed by atoms with van der Waals surface area (Å²) in [6, 6.07) is 21.2. The van der Waals surface area contributed by atoms with Crippen LogP contribution in [0.25, 0.3) is 0 Å². The van der Waals surface area contributed by atoms with Crippen LogP contribution in [0, 0.1) is 11.6 Å². The van der Waals surface area contributed by atoms with Crippen molar-refractivity contribution in [3.8, 4) is 0 Å². The number of halogens is 2. The molecule has 0 amide bonds. The van der Waals surface area contributed by atoms with Gasteiger partial charge in [-0.1, -0.05) is 66.7 Å². The smallest absolute Gasteiger partial charge is 0.331 e. The normalized spacial score (nSPS) is 12.2. The van der Waals surface area contributed by atoms with E-state index >= 15 is 0 Å². The number of carbonyl (C=O) groups excluding carboxylic acids is 1. The third-order valence-corrected chi connectivity index (χ3v) is 4.52. The van der Waals surface area contributed by atoms with Crippen LogP contribution in [-0.2, 0) is 16.0 Å². The molecule has 3 aromatic carbocycles. The van der Waals surface area contributed by atoms with E-state index in [4.69, 9.17) is 4.74 Å². The Hall–Kier alpha value is -3.34. The van der Waals surface area contributed by atoms with E-state index < -0.39 is 29.2 Å². The molecule has 0 heterocycles. The van der Waals surface area contributed by atoms with E-state index in [2.05, 4.69) is 4.99 Å². The second-order valence-corrected chi connectivity index (χ2v) is 8.16. The maximum Gasteiger partial charge on any atom is 0.331 e. The van der Waals surface area contributed by atoms with Crippen molar-refractivity contribution in [2.45, 2.75) is 38.8 Å². The zero-order valence-electron chi connectivity index (χ0n) is 17.8. The van der Waals surface area contributed by atoms with Crippen molar-refractivity contribution in [3.63, 3.8) is 0 Å². The van der Waals surface area contributed by atoms with Crippen molar-refractivity contribution in [1.29, 1.82) is 0 Å². The maximum atomic E-state index is 14.4. The topological polar surface area (TPSA) is 38.7 Å². The maximum absolute atomic E-state index is 14.4. The Morgan fingerprint density at radius 2 is 1.32 bits per heavy atom. The van der Waals surface area contributed by atoms with Gasteiger partial charge in [0.2, 0.25) is 0 Å². The molecule has 0 N–H and O–H groups in total. The van der Waals surface area contributed by atoms with Crippen LogP contribution in [0.3, 0.4) is 0 Å². The monoisotopic (exact) mass is 421 g/mol. The molecule has 0 spiro atoms. The molecule has 3 nitrogen and oxygen atoms in total. The number of hydrogen-bond acceptors (Lipinski definition) is 3. The Kier molecular flexibility index (Phi) is 6.95. The van der Waals surface area contributed by atoms with Crippen molar-refractivity contribution in [2.24, 2.45) is 4.99 Å². The highest BCUT2D eigenvalue weighted by Crippen LogP contribution is 2.20. The summed E-state index contributed by atoms with van der Waals surface area (Å²) in [6.45, 7) is 5.22. The Morgan fingerprint density at radius 1 is 0.839 bits per heavy atom. The molecule has 3 rings (SSSR count). The lowest BCUT2D eigenvalue weighted by Gasteiger charge is -2.23. The Morgan fingerprint density at radius 3 is 1.77 bits per heavy atom. The van der Waals surface area contributed by atoms with Gasteiger partial charge in [0.25, 0.3) is 0 Å². The summed E-state index contributed by atoms with van der Waals surface area (Å²) in [4.78, 5) is 17.7. The lowest BCUT2D eigenvalue weighted by atomic mass is 10.00. The van der Waals surface area contributed by atoms with E-state index in [1.807, 2.05) is 60.7 Å². The van der Waals surface area contributed by atoms with E-state index in [1.54, 1.807) is 20.8 Å². The molecule has 0 aromatic heterocycles. The summed E-state index contributed by atoms with van der Waals surface area (Å²) in [6.07, 6.45) is -0.253. The van der Waals surface area contributed by atoms with Crippen molar-refractivity contribution in [3.05, 3.63) is 107 Å². The van der Waals surface area contributed by atoms with Crippen LogP contribution in [0.1, 0.15) is 37.5 Å². The minimum atomic E-state index is -1.12. The third kappa shape index (κ3) is 6.07. The predicted octanol–water partition coefficient (Wildman–Crippen LogP) is 5.76. The Bertz CT molecular complexity index is 996. The summed E-state index contributed by atoms with van der Waals surface area (Å²) in [7, 11) is 0. The summed E-state index contributed by atoms with van der Waals surface area (Å²) >= 11 is 0. The Labute approximate surface area is 181 Å². The second-order valence-electron chi connectivity index (χ2n) is 8.16. The average molecular weight is 421 g/mol. The molecule has 0 bridgehead atoms. The van der Waals surface area contributed by atoms with Crippen LogP contribution < -0.4 is 0 Å². The molecule has 0 fully saturated rings. The van der Waals surface area contributed by atoms with Gasteiger partial charge in [0.05, 0.1) is 5.71 Å². The minimum Gasteiger partial charge on any atom is -0.458 e. The lowest BCUT2D eigenvalue weighted by Crippen LogP contribution is -2.33. The van der Waals surface area contributed by atoms with Crippen LogP contribution in [0.4, 0.5) is 8.78 Å². The first-order valence-corrected chi connectivity index (χ1v) is 10.1. The molecule has 0 aliphatic rings. The van der Waals surface area contributed by atoms with Crippen LogP contribution in [-0.4, -0.2) is 23.3 Å². The minimum absolute atomic E-state index is 0.192. The third-order valence-electron chi connectivity index (χ3n) is 4.52. The van der Waals surface area contributed by atoms with Gasteiger partial charge in [-0.2, -0.15) is 0 Å². The highest BCUT2D eigenvalue weighted by Gasteiger charge is 2.28. The average Bonchev–Trinajstić information content (AvgIpc) is 2.73. The van der Waals surface area contributed by atoms with Gasteiger partial charge in [-0.15, -0.1) is 0 Å². The molecule has 0 saturated carbocycles. The predicted molar refractivity (Wildman–Crippen MR) is 118 cm³/mol. The zero-order valence-corrected chi connectivity index (χ0v) is 17.8. The standard InChI is InChI=1S/C26H25F2NO2/c1-26(2,3)31-25(30)23(17-20-21(27)15-10-16-22(20)28)29-24(18-11-6-4-7-12-18)19-13-8-5-9-14-19/h4-16,23H,17H2,1-3H3. The van der Waals surface area contributed by atoms with Gasteiger partial charge in [-0.05, 0) is 32.9 Å². The van der Waals surface area contributed by atoms with Gasteiger partial charge in [0, 0.05) is 23.1 Å². The van der Waals surface area contributed by atoms with Gasteiger partial charge < -0.3 is 4.74 Å². The largest absolute Gasteiger partial charge is 0.458 e. The first kappa shape index (κ1) is 22.3. The Balaban J connectivity index is 2.11. The molecular formula is C26H25F2NO2. The van der Waals surface area contributed by atoms with Crippen molar-refractivity contribution >= 4 is 11.7 Å². The first-order valence-electron chi connectivity index (χ1n) is 10.1. The number of hydrogen-bond donors (Lipinski definition) is 0. The summed E-state index contributed by atoms with van der Waals surface area (Å²) in [5.74, 6) is -2.08. The quantitative estimate of drug-likeness (QED) is 0.375. The van der Waals surface area contributed by atoms with Crippen molar-refractivity contribution < 1.29 is 18.3 Å². The number of aliphatic imine (C=N–C) groups is 1. The number of ether oxygens (including phenoxy) is 1. The molecule has 5 heteroatoms. The van der Waals surface area contributed by atoms with Gasteiger partial charge in [-0.3, -0.25) is 4.99 Å². The number of benzene rings is 3. The van der Waals surface area contributed by atoms with Crippen LogP contribution in [0.2, 0.25) is 0 Å². The van der Waals surface area contributed by atoms with Crippen molar-refractivity contribution in [1.82, 2.24) is 0 Å². The van der Waals surface area contributed by atoms with Crippen LogP contribution in [0.5, 0.6) is 0 Å². The summed E-state index contributed by atoms with van der Waals surface area (Å²) in [5, 5.41) is 0. The van der Waals surface area contributed by atoms with Crippen LogP contribution >= 0.6 is 0 Å². The van der Waals surface area contributed by atoms with Gasteiger partial charge in [0.15, 0.2) is 6.04 Å². The van der Waals surface area contributed by atoms with Gasteiger partial charge in [-0.25, -0.2) is 13.6 Å². The first-order chi connectivity index (χ1) is 14.7. The fourth-order valence-corrected chi connectivity index (χ4v) is 3.14. The molecule has 0 aliphatic carbocycles. The number of carbonyl (C=O) groups is 1. The molecular weight excluding hydrogens is 396 g/mol. The van der Waals surface area contributed by atoms with E-state index in [-0.39, 0.29) is 12.0 Å². The highest BCUT2D eigenvalue weighted by molar-refractivity contribution is 6.13. The SMILES string of the molecule is CC(C)(C)OC(=O)C(Cc1c(F)cccc1F)N=C(c1ccccc1)c1ccccc1. The lowest BCUT2D eigenvalue weighted by molar-refractivity contribution is -0.156. The fourth-order valence-electron chi connectivity index (χ4n) is 3.14. The van der Waals surface area contributed by atoms with E-state index in [0.717, 1.165) is 11.1 Å². The molecule has 1 atom stereocenters. The van der Waals surface area contributed by atoms with Gasteiger partial charge >= 0.3 is 5.97 Å². The van der Waals surface area contributed by atoms with Crippen molar-refractivity contribution in [2.75, 3.05) is 0 Å². The number of esters is 1. The fraction of sp³-hybridized carbons (Fsp3) is 0.231. The molecule has 0 saturated heterocycles. The van der Waals surface area contributed by atoms with E-state index in [0.29, 0.717) is 5.71 Å². The van der Waals surface area contributed by atoms with E-state index in [1.165, 1.54) is 18.2 Å². The number of rotatable bonds is 6. The molecule has 0 radical (unpaired) electrons. The van der Waals surface area contributed by atoms with Gasteiger partial charge in [0.1, 0.15) is 17.2 Å². The molecule has 3 aromatic rings. The molecule has 0 aliphatic heterocycles. The van der Waals surface area contributed by atoms with E-state index in [9.17, 15) is 13.6 Å². The zero-order chi connectivity index (χ0) is 22.4.